The molecule has 1 aliphatic carbocycles. The van der Waals surface area contributed by atoms with Crippen molar-refractivity contribution < 1.29 is 9.21 Å². The molecule has 3 nitrogen and oxygen atoms in total. The van der Waals surface area contributed by atoms with Crippen LogP contribution in [-0.4, -0.2) is 19.9 Å². The molecule has 3 heteroatoms. The molecule has 0 spiro atoms. The standard InChI is InChI=1S/C19H15NO2/c1-20(2)13-8-6-12(7-9-13)19-15-10-11-16(21)14-4-3-5-17(22-19)18(14)15/h3-11H,1-2H3. The second-order valence-electron chi connectivity index (χ2n) is 5.66. The van der Waals surface area contributed by atoms with E-state index in [2.05, 4.69) is 17.0 Å². The summed E-state index contributed by atoms with van der Waals surface area (Å²) < 4.78 is 6.03. The van der Waals surface area contributed by atoms with Crippen molar-refractivity contribution in [1.29, 1.82) is 0 Å². The minimum absolute atomic E-state index is 0.0356. The molecule has 0 radical (unpaired) electrons. The van der Waals surface area contributed by atoms with E-state index in [1.54, 1.807) is 6.08 Å². The lowest BCUT2D eigenvalue weighted by Crippen LogP contribution is -2.07. The van der Waals surface area contributed by atoms with E-state index >= 15 is 0 Å². The lowest BCUT2D eigenvalue weighted by atomic mass is 9.94. The summed E-state index contributed by atoms with van der Waals surface area (Å²) in [5.74, 6) is 0.852. The maximum atomic E-state index is 12.0. The largest absolute Gasteiger partial charge is 0.455 e. The van der Waals surface area contributed by atoms with Gasteiger partial charge in [-0.1, -0.05) is 12.1 Å². The van der Waals surface area contributed by atoms with E-state index in [4.69, 9.17) is 4.42 Å². The van der Waals surface area contributed by atoms with Crippen molar-refractivity contribution >= 4 is 28.5 Å². The van der Waals surface area contributed by atoms with Crippen molar-refractivity contribution in [2.75, 3.05) is 19.0 Å². The van der Waals surface area contributed by atoms with E-state index in [9.17, 15) is 4.79 Å². The number of ketones is 1. The van der Waals surface area contributed by atoms with E-state index in [1.165, 1.54) is 0 Å². The minimum atomic E-state index is 0.0356. The van der Waals surface area contributed by atoms with Gasteiger partial charge in [0.1, 0.15) is 11.3 Å². The number of furan rings is 1. The number of carbonyl (C=O) groups is 1. The fourth-order valence-corrected chi connectivity index (χ4v) is 2.91. The van der Waals surface area contributed by atoms with Crippen molar-refractivity contribution in [2.24, 2.45) is 0 Å². The summed E-state index contributed by atoms with van der Waals surface area (Å²) in [6, 6.07) is 13.8. The minimum Gasteiger partial charge on any atom is -0.455 e. The van der Waals surface area contributed by atoms with E-state index in [0.29, 0.717) is 0 Å². The highest BCUT2D eigenvalue weighted by Gasteiger charge is 2.22. The topological polar surface area (TPSA) is 33.5 Å². The zero-order valence-electron chi connectivity index (χ0n) is 12.5. The van der Waals surface area contributed by atoms with Gasteiger partial charge in [-0.3, -0.25) is 4.79 Å². The quantitative estimate of drug-likeness (QED) is 0.702. The number of benzene rings is 2. The molecule has 108 valence electrons. The molecule has 1 heterocycles. The Morgan fingerprint density at radius 2 is 1.73 bits per heavy atom. The Morgan fingerprint density at radius 1 is 0.955 bits per heavy atom. The Hall–Kier alpha value is -2.81. The van der Waals surface area contributed by atoms with Crippen LogP contribution >= 0.6 is 0 Å². The number of rotatable bonds is 2. The third-order valence-electron chi connectivity index (χ3n) is 4.06. The molecule has 0 amide bonds. The number of hydrogen-bond donors (Lipinski definition) is 0. The molecule has 0 atom stereocenters. The molecular weight excluding hydrogens is 274 g/mol. The molecule has 1 aromatic heterocycles. The van der Waals surface area contributed by atoms with Gasteiger partial charge in [0.05, 0.1) is 0 Å². The van der Waals surface area contributed by atoms with Crippen LogP contribution in [0.25, 0.3) is 28.4 Å². The Balaban J connectivity index is 1.94. The molecule has 1 aliphatic rings. The molecule has 4 rings (SSSR count). The second-order valence-corrected chi connectivity index (χ2v) is 5.66. The maximum absolute atomic E-state index is 12.0. The van der Waals surface area contributed by atoms with Gasteiger partial charge in [0.2, 0.25) is 0 Å². The van der Waals surface area contributed by atoms with Gasteiger partial charge in [-0.2, -0.15) is 0 Å². The van der Waals surface area contributed by atoms with E-state index in [0.717, 1.165) is 39.1 Å². The van der Waals surface area contributed by atoms with Crippen LogP contribution in [0.15, 0.2) is 53.0 Å². The number of nitrogens with zero attached hydrogens (tertiary/aromatic N) is 1. The van der Waals surface area contributed by atoms with Crippen LogP contribution in [0.5, 0.6) is 0 Å². The lowest BCUT2D eigenvalue weighted by molar-refractivity contribution is 0.104. The zero-order valence-corrected chi connectivity index (χ0v) is 12.5. The first-order chi connectivity index (χ1) is 10.6. The summed E-state index contributed by atoms with van der Waals surface area (Å²) in [5.41, 5.74) is 4.62. The van der Waals surface area contributed by atoms with Crippen LogP contribution < -0.4 is 4.90 Å². The van der Waals surface area contributed by atoms with Gasteiger partial charge >= 0.3 is 0 Å². The summed E-state index contributed by atoms with van der Waals surface area (Å²) in [4.78, 5) is 14.1. The van der Waals surface area contributed by atoms with Crippen LogP contribution in [0.1, 0.15) is 15.9 Å². The molecular formula is C19H15NO2. The van der Waals surface area contributed by atoms with Crippen LogP contribution in [0.4, 0.5) is 5.69 Å². The first-order valence-electron chi connectivity index (χ1n) is 7.21. The first-order valence-corrected chi connectivity index (χ1v) is 7.21. The molecule has 3 aromatic rings. The molecule has 0 saturated carbocycles. The molecule has 0 saturated heterocycles. The highest BCUT2D eigenvalue weighted by atomic mass is 16.3. The Morgan fingerprint density at radius 3 is 2.45 bits per heavy atom. The predicted molar refractivity (Wildman–Crippen MR) is 89.3 cm³/mol. The zero-order chi connectivity index (χ0) is 15.3. The Labute approximate surface area is 128 Å². The number of anilines is 1. The highest BCUT2D eigenvalue weighted by molar-refractivity contribution is 6.20. The van der Waals surface area contributed by atoms with Crippen molar-refractivity contribution in [3.63, 3.8) is 0 Å². The SMILES string of the molecule is CN(C)c1ccc(-c2oc3cccc4c3c2C=CC4=O)cc1. The normalized spacial score (nSPS) is 12.9. The van der Waals surface area contributed by atoms with E-state index < -0.39 is 0 Å². The third-order valence-corrected chi connectivity index (χ3v) is 4.06. The molecule has 0 fully saturated rings. The fraction of sp³-hybridized carbons (Fsp3) is 0.105. The smallest absolute Gasteiger partial charge is 0.186 e. The summed E-state index contributed by atoms with van der Waals surface area (Å²) in [7, 11) is 4.03. The first kappa shape index (κ1) is 12.9. The van der Waals surface area contributed by atoms with Gasteiger partial charge in [-0.25, -0.2) is 0 Å². The van der Waals surface area contributed by atoms with E-state index in [-0.39, 0.29) is 5.78 Å². The average molecular weight is 289 g/mol. The summed E-state index contributed by atoms with van der Waals surface area (Å²) in [6.45, 7) is 0. The van der Waals surface area contributed by atoms with Crippen molar-refractivity contribution in [1.82, 2.24) is 0 Å². The van der Waals surface area contributed by atoms with Gasteiger partial charge in [0.25, 0.3) is 0 Å². The summed E-state index contributed by atoms with van der Waals surface area (Å²) in [5, 5.41) is 0.918. The van der Waals surface area contributed by atoms with Gasteiger partial charge < -0.3 is 9.32 Å². The molecule has 0 N–H and O–H groups in total. The second kappa shape index (κ2) is 4.60. The average Bonchev–Trinajstić information content (AvgIpc) is 2.91. The van der Waals surface area contributed by atoms with Crippen LogP contribution in [-0.2, 0) is 0 Å². The van der Waals surface area contributed by atoms with Crippen LogP contribution in [0, 0.1) is 0 Å². The molecule has 0 bridgehead atoms. The number of allylic oxidation sites excluding steroid dienone is 1. The predicted octanol–water partition coefficient (Wildman–Crippen LogP) is 4.38. The van der Waals surface area contributed by atoms with Crippen molar-refractivity contribution in [3.05, 3.63) is 59.7 Å². The molecule has 22 heavy (non-hydrogen) atoms. The van der Waals surface area contributed by atoms with E-state index in [1.807, 2.05) is 50.5 Å². The van der Waals surface area contributed by atoms with Crippen molar-refractivity contribution in [3.8, 4) is 11.3 Å². The van der Waals surface area contributed by atoms with Crippen LogP contribution in [0.2, 0.25) is 0 Å². The lowest BCUT2D eigenvalue weighted by Gasteiger charge is -2.12. The summed E-state index contributed by atoms with van der Waals surface area (Å²) >= 11 is 0. The number of carbonyl (C=O) groups excluding carboxylic acids is 1. The molecule has 0 unspecified atom stereocenters. The third kappa shape index (κ3) is 1.79. The Bertz CT molecular complexity index is 915. The van der Waals surface area contributed by atoms with Gasteiger partial charge in [0, 0.05) is 41.9 Å². The number of hydrogen-bond acceptors (Lipinski definition) is 3. The fourth-order valence-electron chi connectivity index (χ4n) is 2.91. The van der Waals surface area contributed by atoms with Gasteiger partial charge in [-0.05, 0) is 42.5 Å². The summed E-state index contributed by atoms with van der Waals surface area (Å²) in [6.07, 6.45) is 3.47. The monoisotopic (exact) mass is 289 g/mol. The van der Waals surface area contributed by atoms with Crippen molar-refractivity contribution in [2.45, 2.75) is 0 Å². The van der Waals surface area contributed by atoms with Crippen LogP contribution in [0.3, 0.4) is 0 Å². The Kier molecular flexibility index (Phi) is 2.70. The van der Waals surface area contributed by atoms with Gasteiger partial charge in [-0.15, -0.1) is 0 Å². The van der Waals surface area contributed by atoms with Gasteiger partial charge in [0.15, 0.2) is 5.78 Å². The maximum Gasteiger partial charge on any atom is 0.186 e. The highest BCUT2D eigenvalue weighted by Crippen LogP contribution is 2.39. The molecule has 2 aromatic carbocycles. The molecule has 0 aliphatic heterocycles.